The van der Waals surface area contributed by atoms with Gasteiger partial charge in [0.1, 0.15) is 0 Å². The summed E-state index contributed by atoms with van der Waals surface area (Å²) in [5.41, 5.74) is 5.86. The van der Waals surface area contributed by atoms with Gasteiger partial charge in [0, 0.05) is 5.56 Å². The van der Waals surface area contributed by atoms with E-state index in [4.69, 9.17) is 15.9 Å². The molecule has 0 aromatic heterocycles. The van der Waals surface area contributed by atoms with Gasteiger partial charge in [-0.15, -0.1) is 0 Å². The van der Waals surface area contributed by atoms with E-state index in [-0.39, 0.29) is 19.1 Å². The monoisotopic (exact) mass is 252 g/mol. The van der Waals surface area contributed by atoms with E-state index in [0.717, 1.165) is 5.56 Å². The predicted octanol–water partition coefficient (Wildman–Crippen LogP) is -0.339. The Labute approximate surface area is 107 Å². The van der Waals surface area contributed by atoms with Crippen molar-refractivity contribution < 1.29 is 15.0 Å². The van der Waals surface area contributed by atoms with Crippen molar-refractivity contribution in [1.82, 2.24) is 5.32 Å². The number of aliphatic hydroxyl groups is 2. The summed E-state index contributed by atoms with van der Waals surface area (Å²) in [5, 5.41) is 20.9. The van der Waals surface area contributed by atoms with E-state index >= 15 is 0 Å². The van der Waals surface area contributed by atoms with E-state index in [2.05, 4.69) is 5.32 Å². The van der Waals surface area contributed by atoms with Crippen LogP contribution in [0.4, 0.5) is 0 Å². The van der Waals surface area contributed by atoms with Gasteiger partial charge in [-0.25, -0.2) is 0 Å². The second-order valence-corrected chi connectivity index (χ2v) is 4.53. The zero-order chi connectivity index (χ0) is 13.6. The van der Waals surface area contributed by atoms with E-state index < -0.39 is 5.54 Å². The number of hydrogen-bond donors (Lipinski definition) is 4. The Bertz CT molecular complexity index is 403. The lowest BCUT2D eigenvalue weighted by Gasteiger charge is -2.26. The molecule has 0 fully saturated rings. The third kappa shape index (κ3) is 3.53. The second kappa shape index (κ2) is 6.49. The lowest BCUT2D eigenvalue weighted by molar-refractivity contribution is 0.0723. The Balaban J connectivity index is 2.90. The van der Waals surface area contributed by atoms with E-state index in [1.807, 2.05) is 12.1 Å². The van der Waals surface area contributed by atoms with Crippen LogP contribution in [0.1, 0.15) is 22.8 Å². The van der Waals surface area contributed by atoms with Crippen molar-refractivity contribution in [2.24, 2.45) is 5.73 Å². The maximum Gasteiger partial charge on any atom is 0.252 e. The summed E-state index contributed by atoms with van der Waals surface area (Å²) < 4.78 is 0. The fourth-order valence-corrected chi connectivity index (χ4v) is 1.59. The van der Waals surface area contributed by atoms with Crippen LogP contribution < -0.4 is 11.1 Å². The lowest BCUT2D eigenvalue weighted by atomic mass is 10.0. The maximum absolute atomic E-state index is 12.1. The van der Waals surface area contributed by atoms with Crippen LogP contribution in [0.5, 0.6) is 0 Å². The third-order valence-electron chi connectivity index (χ3n) is 2.79. The molecule has 1 rings (SSSR count). The first-order valence-electron chi connectivity index (χ1n) is 5.88. The summed E-state index contributed by atoms with van der Waals surface area (Å²) in [6.45, 7) is 1.39. The van der Waals surface area contributed by atoms with Crippen LogP contribution in [-0.2, 0) is 6.42 Å². The Morgan fingerprint density at radius 2 is 1.94 bits per heavy atom. The van der Waals surface area contributed by atoms with Crippen LogP contribution in [-0.4, -0.2) is 41.4 Å². The van der Waals surface area contributed by atoms with Crippen molar-refractivity contribution >= 4 is 5.91 Å². The number of nitrogens with two attached hydrogens (primary N) is 1. The van der Waals surface area contributed by atoms with Gasteiger partial charge in [0.15, 0.2) is 0 Å². The van der Waals surface area contributed by atoms with Crippen molar-refractivity contribution in [3.05, 3.63) is 35.4 Å². The van der Waals surface area contributed by atoms with Crippen molar-refractivity contribution in [2.45, 2.75) is 18.9 Å². The molecule has 1 amide bonds. The molecule has 5 heteroatoms. The predicted molar refractivity (Wildman–Crippen MR) is 69.2 cm³/mol. The minimum atomic E-state index is -1.02. The summed E-state index contributed by atoms with van der Waals surface area (Å²) in [5.74, 6) is -0.315. The fourth-order valence-electron chi connectivity index (χ4n) is 1.59. The van der Waals surface area contributed by atoms with Gasteiger partial charge in [-0.2, -0.15) is 0 Å². The maximum atomic E-state index is 12.1. The third-order valence-corrected chi connectivity index (χ3v) is 2.79. The standard InChI is InChI=1S/C13H20N2O3/c1-13(8-16,9-17)15-12(18)11-5-3-2-4-10(11)6-7-14/h2-5,16-17H,6-9,14H2,1H3,(H,15,18). The highest BCUT2D eigenvalue weighted by Gasteiger charge is 2.25. The summed E-state index contributed by atoms with van der Waals surface area (Å²) in [4.78, 5) is 12.1. The van der Waals surface area contributed by atoms with Crippen LogP contribution >= 0.6 is 0 Å². The van der Waals surface area contributed by atoms with E-state index in [9.17, 15) is 4.79 Å². The van der Waals surface area contributed by atoms with Gasteiger partial charge >= 0.3 is 0 Å². The van der Waals surface area contributed by atoms with Gasteiger partial charge in [0.05, 0.1) is 18.8 Å². The molecule has 0 bridgehead atoms. The molecule has 0 saturated carbocycles. The Morgan fingerprint density at radius 3 is 2.50 bits per heavy atom. The molecule has 1 aromatic carbocycles. The average molecular weight is 252 g/mol. The number of aliphatic hydroxyl groups excluding tert-OH is 2. The number of rotatable bonds is 6. The molecule has 18 heavy (non-hydrogen) atoms. The van der Waals surface area contributed by atoms with Crippen LogP contribution in [0.15, 0.2) is 24.3 Å². The van der Waals surface area contributed by atoms with E-state index in [0.29, 0.717) is 18.5 Å². The molecule has 0 aliphatic rings. The minimum absolute atomic E-state index is 0.315. The molecule has 1 aromatic rings. The van der Waals surface area contributed by atoms with Crippen molar-refractivity contribution in [3.63, 3.8) is 0 Å². The Hall–Kier alpha value is -1.43. The minimum Gasteiger partial charge on any atom is -0.394 e. The molecule has 0 aliphatic heterocycles. The number of carbonyl (C=O) groups is 1. The normalized spacial score (nSPS) is 11.3. The van der Waals surface area contributed by atoms with Gasteiger partial charge in [-0.05, 0) is 31.5 Å². The fraction of sp³-hybridized carbons (Fsp3) is 0.462. The van der Waals surface area contributed by atoms with Crippen molar-refractivity contribution in [1.29, 1.82) is 0 Å². The smallest absolute Gasteiger partial charge is 0.252 e. The van der Waals surface area contributed by atoms with Crippen molar-refractivity contribution in [3.8, 4) is 0 Å². The summed E-state index contributed by atoms with van der Waals surface area (Å²) >= 11 is 0. The molecule has 5 nitrogen and oxygen atoms in total. The van der Waals surface area contributed by atoms with E-state index in [1.54, 1.807) is 19.1 Å². The number of benzene rings is 1. The highest BCUT2D eigenvalue weighted by atomic mass is 16.3. The van der Waals surface area contributed by atoms with Gasteiger partial charge in [-0.3, -0.25) is 4.79 Å². The van der Waals surface area contributed by atoms with Gasteiger partial charge in [0.25, 0.3) is 5.91 Å². The molecule has 100 valence electrons. The first kappa shape index (κ1) is 14.6. The average Bonchev–Trinajstić information content (AvgIpc) is 2.39. The molecule has 5 N–H and O–H groups in total. The molecule has 0 unspecified atom stereocenters. The van der Waals surface area contributed by atoms with Gasteiger partial charge in [0.2, 0.25) is 0 Å². The topological polar surface area (TPSA) is 95.6 Å². The molecule has 0 atom stereocenters. The second-order valence-electron chi connectivity index (χ2n) is 4.53. The molecule has 0 heterocycles. The molecule has 0 saturated heterocycles. The number of nitrogens with one attached hydrogen (secondary N) is 1. The highest BCUT2D eigenvalue weighted by Crippen LogP contribution is 2.11. The zero-order valence-corrected chi connectivity index (χ0v) is 10.5. The first-order valence-corrected chi connectivity index (χ1v) is 5.88. The molecule has 0 radical (unpaired) electrons. The molecule has 0 spiro atoms. The number of amides is 1. The Morgan fingerprint density at radius 1 is 1.33 bits per heavy atom. The van der Waals surface area contributed by atoms with Crippen LogP contribution in [0.3, 0.4) is 0 Å². The highest BCUT2D eigenvalue weighted by molar-refractivity contribution is 5.96. The summed E-state index contributed by atoms with van der Waals surface area (Å²) in [6, 6.07) is 7.16. The lowest BCUT2D eigenvalue weighted by Crippen LogP contribution is -2.51. The van der Waals surface area contributed by atoms with E-state index in [1.165, 1.54) is 0 Å². The molecule has 0 aliphatic carbocycles. The van der Waals surface area contributed by atoms with Gasteiger partial charge in [-0.1, -0.05) is 18.2 Å². The summed E-state index contributed by atoms with van der Waals surface area (Å²) in [7, 11) is 0. The Kier molecular flexibility index (Phi) is 5.27. The van der Waals surface area contributed by atoms with Crippen LogP contribution in [0.2, 0.25) is 0 Å². The van der Waals surface area contributed by atoms with Crippen LogP contribution in [0.25, 0.3) is 0 Å². The quantitative estimate of drug-likeness (QED) is 0.557. The number of carbonyl (C=O) groups excluding carboxylic acids is 1. The van der Waals surface area contributed by atoms with Crippen LogP contribution in [0, 0.1) is 0 Å². The largest absolute Gasteiger partial charge is 0.394 e. The first-order chi connectivity index (χ1) is 8.56. The SMILES string of the molecule is CC(CO)(CO)NC(=O)c1ccccc1CCN. The van der Waals surface area contributed by atoms with Crippen molar-refractivity contribution in [2.75, 3.05) is 19.8 Å². The zero-order valence-electron chi connectivity index (χ0n) is 10.5. The molecular formula is C13H20N2O3. The van der Waals surface area contributed by atoms with Gasteiger partial charge < -0.3 is 21.3 Å². The number of hydrogen-bond acceptors (Lipinski definition) is 4. The molecular weight excluding hydrogens is 232 g/mol. The summed E-state index contributed by atoms with van der Waals surface area (Å²) in [6.07, 6.45) is 0.610.